The fourth-order valence-electron chi connectivity index (χ4n) is 5.09. The van der Waals surface area contributed by atoms with Crippen LogP contribution in [0.5, 0.6) is 17.2 Å². The lowest BCUT2D eigenvalue weighted by atomic mass is 9.90. The van der Waals surface area contributed by atoms with Crippen LogP contribution in [0.25, 0.3) is 0 Å². The predicted octanol–water partition coefficient (Wildman–Crippen LogP) is 5.71. The van der Waals surface area contributed by atoms with Crippen LogP contribution in [0.1, 0.15) is 45.2 Å². The van der Waals surface area contributed by atoms with Gasteiger partial charge in [0.05, 0.1) is 37.2 Å². The molecule has 2 aliphatic heterocycles. The third-order valence-electron chi connectivity index (χ3n) is 6.90. The molecule has 0 aromatic heterocycles. The zero-order valence-corrected chi connectivity index (χ0v) is 22.5. The van der Waals surface area contributed by atoms with Crippen molar-refractivity contribution >= 4 is 23.2 Å². The Labute approximate surface area is 229 Å². The number of amides is 2. The molecule has 0 bridgehead atoms. The van der Waals surface area contributed by atoms with Gasteiger partial charge in [0, 0.05) is 0 Å². The van der Waals surface area contributed by atoms with Gasteiger partial charge in [-0.2, -0.15) is 0 Å². The zero-order chi connectivity index (χ0) is 27.4. The number of unbranched alkanes of at least 4 members (excludes halogenated alkanes) is 1. The van der Waals surface area contributed by atoms with Crippen LogP contribution < -0.4 is 24.2 Å². The molecule has 0 unspecified atom stereocenters. The topological polar surface area (TPSA) is 77.5 Å². The normalized spacial score (nSPS) is 20.3. The van der Waals surface area contributed by atoms with Gasteiger partial charge in [-0.1, -0.05) is 37.6 Å². The number of imide groups is 1. The van der Waals surface area contributed by atoms with Gasteiger partial charge in [-0.25, -0.2) is 9.96 Å². The molecule has 5 rings (SSSR count). The Hall–Kier alpha value is -4.04. The van der Waals surface area contributed by atoms with E-state index in [1.165, 1.54) is 4.90 Å². The minimum atomic E-state index is -0.953. The Balaban J connectivity index is 1.52. The minimum absolute atomic E-state index is 0.307. The highest BCUT2D eigenvalue weighted by Crippen LogP contribution is 2.48. The molecule has 0 radical (unpaired) electrons. The average Bonchev–Trinajstić information content (AvgIpc) is 3.46. The monoisotopic (exact) mass is 530 g/mol. The van der Waals surface area contributed by atoms with Crippen LogP contribution >= 0.6 is 0 Å². The molecular weight excluding hydrogens is 496 g/mol. The number of fused-ring (bicyclic) bond motifs is 1. The molecule has 2 aliphatic rings. The van der Waals surface area contributed by atoms with Crippen LogP contribution in [0.4, 0.5) is 11.4 Å². The van der Waals surface area contributed by atoms with Crippen LogP contribution in [0, 0.1) is 5.92 Å². The SMILES string of the molecule is CCCCOc1ccc([C@@H]2[C@@H]3C(=O)N(c4ccc(OCC)cc4)C(=O)[C@@H]3ON2c2ccccc2)cc1OCC. The first-order valence-corrected chi connectivity index (χ1v) is 13.6. The van der Waals surface area contributed by atoms with E-state index in [0.29, 0.717) is 42.8 Å². The van der Waals surface area contributed by atoms with Crippen molar-refractivity contribution in [2.45, 2.75) is 45.8 Å². The third kappa shape index (κ3) is 5.16. The fraction of sp³-hybridized carbons (Fsp3) is 0.355. The molecule has 3 aromatic rings. The number of benzene rings is 3. The standard InChI is InChI=1S/C31H34N2O6/c1-4-7-19-38-25-18-13-21(20-26(25)37-6-3)28-27-29(39-33(28)23-11-9-8-10-12-23)31(35)32(30(27)34)22-14-16-24(17-15-22)36-5-2/h8-18,20,27-29H,4-7,19H2,1-3H3/t27-,28+,29+/m0/s1. The first-order valence-electron chi connectivity index (χ1n) is 13.6. The van der Waals surface area contributed by atoms with Crippen molar-refractivity contribution < 1.29 is 28.6 Å². The molecular formula is C31H34N2O6. The van der Waals surface area contributed by atoms with E-state index >= 15 is 0 Å². The summed E-state index contributed by atoms with van der Waals surface area (Å²) < 4.78 is 17.4. The maximum absolute atomic E-state index is 13.9. The van der Waals surface area contributed by atoms with Gasteiger partial charge in [-0.05, 0) is 74.4 Å². The number of hydrogen-bond acceptors (Lipinski definition) is 7. The number of anilines is 2. The van der Waals surface area contributed by atoms with Gasteiger partial charge in [0.15, 0.2) is 17.6 Å². The third-order valence-corrected chi connectivity index (χ3v) is 6.90. The van der Waals surface area contributed by atoms with E-state index in [9.17, 15) is 9.59 Å². The van der Waals surface area contributed by atoms with Crippen LogP contribution in [0.2, 0.25) is 0 Å². The van der Waals surface area contributed by atoms with E-state index in [2.05, 4.69) is 6.92 Å². The largest absolute Gasteiger partial charge is 0.494 e. The first kappa shape index (κ1) is 26.6. The van der Waals surface area contributed by atoms with Crippen molar-refractivity contribution in [2.24, 2.45) is 5.92 Å². The fourth-order valence-corrected chi connectivity index (χ4v) is 5.09. The second-order valence-electron chi connectivity index (χ2n) is 9.44. The molecule has 8 heteroatoms. The van der Waals surface area contributed by atoms with Crippen molar-refractivity contribution in [1.29, 1.82) is 0 Å². The van der Waals surface area contributed by atoms with E-state index in [4.69, 9.17) is 19.0 Å². The van der Waals surface area contributed by atoms with Crippen molar-refractivity contribution in [3.8, 4) is 17.2 Å². The molecule has 2 saturated heterocycles. The lowest BCUT2D eigenvalue weighted by Crippen LogP contribution is -2.37. The number of para-hydroxylation sites is 1. The quantitative estimate of drug-likeness (QED) is 0.232. The van der Waals surface area contributed by atoms with Crippen molar-refractivity contribution in [3.63, 3.8) is 0 Å². The second kappa shape index (κ2) is 11.8. The summed E-state index contributed by atoms with van der Waals surface area (Å²) in [5, 5.41) is 1.68. The van der Waals surface area contributed by atoms with Gasteiger partial charge in [-0.3, -0.25) is 14.4 Å². The van der Waals surface area contributed by atoms with Gasteiger partial charge < -0.3 is 14.2 Å². The smallest absolute Gasteiger partial charge is 0.266 e. The highest BCUT2D eigenvalue weighted by atomic mass is 16.7. The molecule has 3 atom stereocenters. The van der Waals surface area contributed by atoms with E-state index in [1.54, 1.807) is 29.3 Å². The molecule has 0 spiro atoms. The highest BCUT2D eigenvalue weighted by Gasteiger charge is 2.60. The molecule has 39 heavy (non-hydrogen) atoms. The number of ether oxygens (including phenoxy) is 3. The number of carbonyl (C=O) groups excluding carboxylic acids is 2. The number of carbonyl (C=O) groups is 2. The van der Waals surface area contributed by atoms with Crippen LogP contribution in [-0.4, -0.2) is 37.7 Å². The molecule has 0 saturated carbocycles. The van der Waals surface area contributed by atoms with Crippen LogP contribution in [0.15, 0.2) is 72.8 Å². The summed E-state index contributed by atoms with van der Waals surface area (Å²) >= 11 is 0. The van der Waals surface area contributed by atoms with Crippen LogP contribution in [-0.2, 0) is 14.4 Å². The summed E-state index contributed by atoms with van der Waals surface area (Å²) in [6.07, 6.45) is 1.01. The zero-order valence-electron chi connectivity index (χ0n) is 22.5. The number of hydroxylamine groups is 1. The Bertz CT molecular complexity index is 1300. The van der Waals surface area contributed by atoms with Crippen molar-refractivity contribution in [3.05, 3.63) is 78.4 Å². The van der Waals surface area contributed by atoms with E-state index in [1.807, 2.05) is 62.4 Å². The lowest BCUT2D eigenvalue weighted by molar-refractivity contribution is -0.126. The summed E-state index contributed by atoms with van der Waals surface area (Å²) in [5.74, 6) is 0.490. The second-order valence-corrected chi connectivity index (χ2v) is 9.44. The van der Waals surface area contributed by atoms with E-state index < -0.39 is 18.1 Å². The lowest BCUT2D eigenvalue weighted by Gasteiger charge is -2.29. The van der Waals surface area contributed by atoms with Gasteiger partial charge in [-0.15, -0.1) is 0 Å². The summed E-state index contributed by atoms with van der Waals surface area (Å²) in [7, 11) is 0. The molecule has 3 aromatic carbocycles. The molecule has 2 heterocycles. The van der Waals surface area contributed by atoms with Gasteiger partial charge in [0.1, 0.15) is 11.7 Å². The first-order chi connectivity index (χ1) is 19.1. The number of nitrogens with zero attached hydrogens (tertiary/aromatic N) is 2. The molecule has 2 fully saturated rings. The van der Waals surface area contributed by atoms with E-state index in [-0.39, 0.29) is 11.8 Å². The Morgan fingerprint density at radius 1 is 0.769 bits per heavy atom. The van der Waals surface area contributed by atoms with Crippen molar-refractivity contribution in [1.82, 2.24) is 0 Å². The molecule has 2 amide bonds. The molecule has 204 valence electrons. The summed E-state index contributed by atoms with van der Waals surface area (Å²) in [5.41, 5.74) is 2.05. The minimum Gasteiger partial charge on any atom is -0.494 e. The van der Waals surface area contributed by atoms with Crippen LogP contribution in [0.3, 0.4) is 0 Å². The summed E-state index contributed by atoms with van der Waals surface area (Å²) in [6.45, 7) is 7.52. The molecule has 0 aliphatic carbocycles. The molecule has 0 N–H and O–H groups in total. The van der Waals surface area contributed by atoms with Gasteiger partial charge >= 0.3 is 0 Å². The Morgan fingerprint density at radius 2 is 1.51 bits per heavy atom. The predicted molar refractivity (Wildman–Crippen MR) is 148 cm³/mol. The van der Waals surface area contributed by atoms with E-state index in [0.717, 1.165) is 24.1 Å². The average molecular weight is 531 g/mol. The number of hydrogen-bond donors (Lipinski definition) is 0. The summed E-state index contributed by atoms with van der Waals surface area (Å²) in [6, 6.07) is 21.6. The summed E-state index contributed by atoms with van der Waals surface area (Å²) in [4.78, 5) is 35.0. The Kier molecular flexibility index (Phi) is 8.02. The number of rotatable bonds is 11. The van der Waals surface area contributed by atoms with Crippen molar-refractivity contribution in [2.75, 3.05) is 29.8 Å². The maximum atomic E-state index is 13.9. The maximum Gasteiger partial charge on any atom is 0.266 e. The molecule has 8 nitrogen and oxygen atoms in total. The van der Waals surface area contributed by atoms with Gasteiger partial charge in [0.25, 0.3) is 5.91 Å². The highest BCUT2D eigenvalue weighted by molar-refractivity contribution is 6.23. The Morgan fingerprint density at radius 3 is 2.21 bits per heavy atom. The van der Waals surface area contributed by atoms with Gasteiger partial charge in [0.2, 0.25) is 5.91 Å².